The number of benzene rings is 1. The van der Waals surface area contributed by atoms with Crippen molar-refractivity contribution in [1.82, 2.24) is 25.0 Å². The molecule has 2 aromatic rings. The van der Waals surface area contributed by atoms with Gasteiger partial charge < -0.3 is 15.4 Å². The summed E-state index contributed by atoms with van der Waals surface area (Å²) in [4.78, 5) is 16.6. The second-order valence-electron chi connectivity index (χ2n) is 7.37. The van der Waals surface area contributed by atoms with Crippen LogP contribution in [0.5, 0.6) is 5.75 Å². The van der Waals surface area contributed by atoms with Gasteiger partial charge in [-0.25, -0.2) is 13.9 Å². The highest BCUT2D eigenvalue weighted by atomic mass is 19.1. The number of hydrogen-bond donors (Lipinski definition) is 2. The molecule has 30 heavy (non-hydrogen) atoms. The number of nitrogens with zero attached hydrogens (tertiary/aromatic N) is 4. The fraction of sp³-hybridized carbons (Fsp3) is 0.571. The van der Waals surface area contributed by atoms with Crippen molar-refractivity contribution < 1.29 is 9.13 Å². The molecule has 1 aromatic carbocycles. The Morgan fingerprint density at radius 1 is 1.37 bits per heavy atom. The predicted octanol–water partition coefficient (Wildman–Crippen LogP) is 1.93. The zero-order valence-corrected chi connectivity index (χ0v) is 17.7. The molecule has 3 rings (SSSR count). The first-order valence-electron chi connectivity index (χ1n) is 10.6. The van der Waals surface area contributed by atoms with E-state index in [0.29, 0.717) is 31.3 Å². The van der Waals surface area contributed by atoms with Gasteiger partial charge in [0.2, 0.25) is 0 Å². The minimum absolute atomic E-state index is 0.00695. The average Bonchev–Trinajstić information content (AvgIpc) is 3.08. The van der Waals surface area contributed by atoms with E-state index in [1.54, 1.807) is 28.4 Å². The van der Waals surface area contributed by atoms with Crippen LogP contribution < -0.4 is 21.1 Å². The van der Waals surface area contributed by atoms with E-state index in [-0.39, 0.29) is 17.6 Å². The molecule has 0 fully saturated rings. The molecule has 1 unspecified atom stereocenters. The summed E-state index contributed by atoms with van der Waals surface area (Å²) in [6, 6.07) is 6.15. The van der Waals surface area contributed by atoms with Gasteiger partial charge in [0.15, 0.2) is 5.96 Å². The number of ether oxygens (including phenoxy) is 1. The van der Waals surface area contributed by atoms with E-state index >= 15 is 0 Å². The molecule has 0 saturated carbocycles. The molecule has 0 radical (unpaired) electrons. The summed E-state index contributed by atoms with van der Waals surface area (Å²) >= 11 is 0. The van der Waals surface area contributed by atoms with Crippen LogP contribution in [-0.4, -0.2) is 46.5 Å². The molecule has 0 bridgehead atoms. The molecule has 1 aliphatic heterocycles. The highest BCUT2D eigenvalue weighted by Crippen LogP contribution is 2.14. The maximum atomic E-state index is 13.3. The van der Waals surface area contributed by atoms with Gasteiger partial charge >= 0.3 is 5.69 Å². The fourth-order valence-electron chi connectivity index (χ4n) is 3.46. The molecule has 8 nitrogen and oxygen atoms in total. The zero-order valence-electron chi connectivity index (χ0n) is 17.7. The molecule has 1 aromatic heterocycles. The van der Waals surface area contributed by atoms with Crippen LogP contribution in [0.4, 0.5) is 4.39 Å². The second-order valence-corrected chi connectivity index (χ2v) is 7.37. The maximum absolute atomic E-state index is 13.3. The van der Waals surface area contributed by atoms with Crippen molar-refractivity contribution in [2.75, 3.05) is 20.1 Å². The summed E-state index contributed by atoms with van der Waals surface area (Å²) in [5.41, 5.74) is -0.00695. The summed E-state index contributed by atoms with van der Waals surface area (Å²) in [5.74, 6) is 1.76. The first kappa shape index (κ1) is 21.9. The number of aliphatic imine (C=N–C) groups is 1. The summed E-state index contributed by atoms with van der Waals surface area (Å²) < 4.78 is 22.5. The first-order valence-corrected chi connectivity index (χ1v) is 10.6. The zero-order chi connectivity index (χ0) is 21.3. The van der Waals surface area contributed by atoms with Crippen molar-refractivity contribution in [2.45, 2.75) is 58.2 Å². The van der Waals surface area contributed by atoms with E-state index in [0.717, 1.165) is 44.5 Å². The Morgan fingerprint density at radius 3 is 2.97 bits per heavy atom. The van der Waals surface area contributed by atoms with E-state index in [4.69, 9.17) is 4.74 Å². The lowest BCUT2D eigenvalue weighted by molar-refractivity contribution is 0.199. The van der Waals surface area contributed by atoms with Crippen LogP contribution in [-0.2, 0) is 19.5 Å². The van der Waals surface area contributed by atoms with Crippen LogP contribution in [0, 0.1) is 5.82 Å². The topological polar surface area (TPSA) is 85.5 Å². The van der Waals surface area contributed by atoms with Crippen molar-refractivity contribution in [2.24, 2.45) is 4.99 Å². The summed E-state index contributed by atoms with van der Waals surface area (Å²) in [7, 11) is 1.71. The van der Waals surface area contributed by atoms with Crippen LogP contribution in [0.15, 0.2) is 34.1 Å². The predicted molar refractivity (Wildman–Crippen MR) is 115 cm³/mol. The fourth-order valence-corrected chi connectivity index (χ4v) is 3.46. The Balaban J connectivity index is 1.41. The smallest absolute Gasteiger partial charge is 0.345 e. The Hall–Kier alpha value is -2.84. The molecular weight excluding hydrogens is 387 g/mol. The van der Waals surface area contributed by atoms with Crippen LogP contribution >= 0.6 is 0 Å². The normalized spacial score (nSPS) is 14.8. The Labute approximate surface area is 176 Å². The van der Waals surface area contributed by atoms with Crippen molar-refractivity contribution in [3.63, 3.8) is 0 Å². The summed E-state index contributed by atoms with van der Waals surface area (Å²) in [6.45, 7) is 4.57. The van der Waals surface area contributed by atoms with Crippen LogP contribution in [0.3, 0.4) is 0 Å². The molecule has 0 amide bonds. The van der Waals surface area contributed by atoms with Crippen molar-refractivity contribution in [1.29, 1.82) is 0 Å². The number of rotatable bonds is 9. The SMILES string of the molecule is CCC(CNC(=NC)NCCCn1nc2n(c1=O)CCCC2)Oc1cccc(F)c1. The molecule has 9 heteroatoms. The van der Waals surface area contributed by atoms with E-state index in [1.165, 1.54) is 12.1 Å². The van der Waals surface area contributed by atoms with E-state index < -0.39 is 0 Å². The van der Waals surface area contributed by atoms with Gasteiger partial charge in [0.25, 0.3) is 0 Å². The molecule has 2 heterocycles. The van der Waals surface area contributed by atoms with Crippen molar-refractivity contribution >= 4 is 5.96 Å². The molecule has 0 saturated heterocycles. The van der Waals surface area contributed by atoms with E-state index in [2.05, 4.69) is 20.7 Å². The van der Waals surface area contributed by atoms with Crippen molar-refractivity contribution in [3.05, 3.63) is 46.4 Å². The number of guanidine groups is 1. The lowest BCUT2D eigenvalue weighted by atomic mass is 10.2. The standard InChI is InChI=1S/C21H31FN6O2/c1-3-17(30-18-9-6-8-16(22)14-18)15-25-20(23-2)24-11-7-13-28-21(29)27-12-5-4-10-19(27)26-28/h6,8-9,14,17H,3-5,7,10-13,15H2,1-2H3,(H2,23,24,25). The quantitative estimate of drug-likeness (QED) is 0.369. The van der Waals surface area contributed by atoms with Gasteiger partial charge in [-0.1, -0.05) is 13.0 Å². The molecule has 1 aliphatic rings. The number of aromatic nitrogens is 3. The Kier molecular flexibility index (Phi) is 7.87. The van der Waals surface area contributed by atoms with E-state index in [9.17, 15) is 9.18 Å². The van der Waals surface area contributed by atoms with Gasteiger partial charge in [0, 0.05) is 39.2 Å². The van der Waals surface area contributed by atoms with Gasteiger partial charge in [-0.3, -0.25) is 9.56 Å². The third kappa shape index (κ3) is 5.84. The van der Waals surface area contributed by atoms with Gasteiger partial charge in [-0.15, -0.1) is 0 Å². The van der Waals surface area contributed by atoms with E-state index in [1.807, 2.05) is 6.92 Å². The molecular formula is C21H31FN6O2. The van der Waals surface area contributed by atoms with Crippen molar-refractivity contribution in [3.8, 4) is 5.75 Å². The molecule has 0 spiro atoms. The Bertz CT molecular complexity index is 907. The number of nitrogens with one attached hydrogen (secondary N) is 2. The highest BCUT2D eigenvalue weighted by molar-refractivity contribution is 5.79. The average molecular weight is 419 g/mol. The second kappa shape index (κ2) is 10.8. The number of hydrogen-bond acceptors (Lipinski definition) is 4. The third-order valence-corrected chi connectivity index (χ3v) is 5.15. The van der Waals surface area contributed by atoms with Gasteiger partial charge in [0.1, 0.15) is 23.5 Å². The van der Waals surface area contributed by atoms with Crippen LogP contribution in [0.1, 0.15) is 38.4 Å². The number of aryl methyl sites for hydroxylation is 2. The van der Waals surface area contributed by atoms with Gasteiger partial charge in [-0.05, 0) is 37.8 Å². The van der Waals surface area contributed by atoms with Crippen LogP contribution in [0.25, 0.3) is 0 Å². The third-order valence-electron chi connectivity index (χ3n) is 5.15. The number of fused-ring (bicyclic) bond motifs is 1. The summed E-state index contributed by atoms with van der Waals surface area (Å²) in [5, 5.41) is 10.9. The Morgan fingerprint density at radius 2 is 2.23 bits per heavy atom. The maximum Gasteiger partial charge on any atom is 0.345 e. The van der Waals surface area contributed by atoms with Crippen LogP contribution in [0.2, 0.25) is 0 Å². The highest BCUT2D eigenvalue weighted by Gasteiger charge is 2.16. The monoisotopic (exact) mass is 418 g/mol. The number of halogens is 1. The van der Waals surface area contributed by atoms with Gasteiger partial charge in [-0.2, -0.15) is 5.10 Å². The first-order chi connectivity index (χ1) is 14.6. The summed E-state index contributed by atoms with van der Waals surface area (Å²) in [6.07, 6.45) is 4.45. The lowest BCUT2D eigenvalue weighted by Crippen LogP contribution is -2.43. The van der Waals surface area contributed by atoms with Gasteiger partial charge in [0.05, 0.1) is 6.54 Å². The molecule has 0 aliphatic carbocycles. The minimum atomic E-state index is -0.314. The molecule has 164 valence electrons. The molecule has 2 N–H and O–H groups in total. The largest absolute Gasteiger partial charge is 0.489 e. The minimum Gasteiger partial charge on any atom is -0.489 e. The molecule has 1 atom stereocenters. The lowest BCUT2D eigenvalue weighted by Gasteiger charge is -2.20.